The van der Waals surface area contributed by atoms with E-state index >= 15 is 0 Å². The highest BCUT2D eigenvalue weighted by Crippen LogP contribution is 2.47. The molecular weight excluding hydrogens is 398 g/mol. The minimum Gasteiger partial charge on any atom is -0.309 e. The molecule has 0 atom stereocenters. The molecule has 0 radical (unpaired) electrons. The zero-order valence-corrected chi connectivity index (χ0v) is 15.9. The van der Waals surface area contributed by atoms with Crippen LogP contribution in [0.3, 0.4) is 0 Å². The van der Waals surface area contributed by atoms with Gasteiger partial charge in [0, 0.05) is 39.2 Å². The van der Waals surface area contributed by atoms with Gasteiger partial charge in [-0.05, 0) is 45.3 Å². The van der Waals surface area contributed by atoms with Crippen molar-refractivity contribution in [3.63, 3.8) is 0 Å². The molecule has 0 spiro atoms. The monoisotopic (exact) mass is 411 g/mol. The number of pyridine rings is 1. The van der Waals surface area contributed by atoms with E-state index in [-0.39, 0.29) is 0 Å². The Morgan fingerprint density at radius 1 is 0.852 bits per heavy atom. The number of fused-ring (bicyclic) bond motifs is 3. The fourth-order valence-corrected chi connectivity index (χ4v) is 4.39. The second kappa shape index (κ2) is 6.22. The summed E-state index contributed by atoms with van der Waals surface area (Å²) < 4.78 is 0.882. The molecule has 128 valence electrons. The Balaban J connectivity index is 1.88. The quantitative estimate of drug-likeness (QED) is 0.327. The smallest absolute Gasteiger partial charge is 0.148 e. The molecule has 0 fully saturated rings. The summed E-state index contributed by atoms with van der Waals surface area (Å²) >= 11 is 3.66. The molecule has 5 rings (SSSR count). The van der Waals surface area contributed by atoms with Crippen LogP contribution < -0.4 is 4.90 Å². The largest absolute Gasteiger partial charge is 0.309 e. The highest BCUT2D eigenvalue weighted by atomic mass is 79.9. The molecule has 3 nitrogen and oxygen atoms in total. The Bertz CT molecular complexity index is 1190. The summed E-state index contributed by atoms with van der Waals surface area (Å²) in [6.45, 7) is 0. The summed E-state index contributed by atoms with van der Waals surface area (Å²) in [4.78, 5) is 6.57. The van der Waals surface area contributed by atoms with Gasteiger partial charge in [-0.15, -0.1) is 0 Å². The molecule has 1 aliphatic heterocycles. The fraction of sp³-hybridized carbons (Fsp3) is 0.0435. The van der Waals surface area contributed by atoms with Crippen LogP contribution in [0.15, 0.2) is 77.4 Å². The van der Waals surface area contributed by atoms with E-state index in [0.29, 0.717) is 5.69 Å². The standard InChI is InChI=1S/C23H14BrN3/c24-18-14-26-19(13-25)17-8-5-11-22(23(17)18)27-20-9-3-1-6-15(20)12-16-7-2-4-10-21(16)27/h1-11,14H,12H2. The van der Waals surface area contributed by atoms with Crippen molar-refractivity contribution in [3.05, 3.63) is 94.2 Å². The van der Waals surface area contributed by atoms with Crippen LogP contribution in [0.25, 0.3) is 10.8 Å². The van der Waals surface area contributed by atoms with Gasteiger partial charge in [-0.2, -0.15) is 5.26 Å². The van der Waals surface area contributed by atoms with Gasteiger partial charge in [0.1, 0.15) is 11.8 Å². The van der Waals surface area contributed by atoms with Gasteiger partial charge in [0.25, 0.3) is 0 Å². The summed E-state index contributed by atoms with van der Waals surface area (Å²) in [6, 6.07) is 25.3. The summed E-state index contributed by atoms with van der Waals surface area (Å²) in [5.41, 5.74) is 6.40. The maximum Gasteiger partial charge on any atom is 0.148 e. The van der Waals surface area contributed by atoms with E-state index in [2.05, 4.69) is 86.5 Å². The third-order valence-corrected chi connectivity index (χ3v) is 5.64. The number of para-hydroxylation sites is 2. The van der Waals surface area contributed by atoms with Crippen molar-refractivity contribution in [2.24, 2.45) is 0 Å². The van der Waals surface area contributed by atoms with Gasteiger partial charge in [0.2, 0.25) is 0 Å². The first-order valence-electron chi connectivity index (χ1n) is 8.71. The average molecular weight is 412 g/mol. The number of benzene rings is 3. The van der Waals surface area contributed by atoms with Crippen molar-refractivity contribution >= 4 is 43.8 Å². The van der Waals surface area contributed by atoms with Gasteiger partial charge in [0.05, 0.1) is 5.69 Å². The van der Waals surface area contributed by atoms with E-state index < -0.39 is 0 Å². The number of anilines is 3. The van der Waals surface area contributed by atoms with Crippen molar-refractivity contribution < 1.29 is 0 Å². The molecule has 1 aromatic heterocycles. The van der Waals surface area contributed by atoms with Crippen LogP contribution in [0.2, 0.25) is 0 Å². The maximum atomic E-state index is 9.50. The summed E-state index contributed by atoms with van der Waals surface area (Å²) in [7, 11) is 0. The molecular formula is C23H14BrN3. The molecule has 1 aliphatic rings. The van der Waals surface area contributed by atoms with Crippen LogP contribution in [0, 0.1) is 11.3 Å². The first kappa shape index (κ1) is 16.0. The first-order valence-corrected chi connectivity index (χ1v) is 9.50. The lowest BCUT2D eigenvalue weighted by atomic mass is 9.94. The number of rotatable bonds is 1. The predicted octanol–water partition coefficient (Wildman–Crippen LogP) is 6.24. The van der Waals surface area contributed by atoms with Crippen molar-refractivity contribution in [1.82, 2.24) is 4.98 Å². The van der Waals surface area contributed by atoms with Crippen LogP contribution in [0.4, 0.5) is 17.1 Å². The zero-order chi connectivity index (χ0) is 18.4. The summed E-state index contributed by atoms with van der Waals surface area (Å²) in [5, 5.41) is 11.3. The van der Waals surface area contributed by atoms with Gasteiger partial charge in [-0.1, -0.05) is 48.5 Å². The molecule has 27 heavy (non-hydrogen) atoms. The highest BCUT2D eigenvalue weighted by molar-refractivity contribution is 9.10. The first-order chi connectivity index (χ1) is 13.3. The molecule has 0 saturated carbocycles. The number of aromatic nitrogens is 1. The number of nitriles is 1. The molecule has 0 aliphatic carbocycles. The van der Waals surface area contributed by atoms with Gasteiger partial charge in [0.15, 0.2) is 0 Å². The van der Waals surface area contributed by atoms with E-state index in [1.807, 2.05) is 12.1 Å². The lowest BCUT2D eigenvalue weighted by molar-refractivity contribution is 1.09. The number of hydrogen-bond acceptors (Lipinski definition) is 3. The Labute approximate surface area is 165 Å². The molecule has 4 heteroatoms. The SMILES string of the molecule is N#Cc1ncc(Br)c2c(N3c4ccccc4Cc4ccccc43)cccc12. The zero-order valence-electron chi connectivity index (χ0n) is 14.4. The van der Waals surface area contributed by atoms with E-state index in [9.17, 15) is 5.26 Å². The Hall–Kier alpha value is -3.16. The molecule has 0 amide bonds. The van der Waals surface area contributed by atoms with Gasteiger partial charge in [-0.25, -0.2) is 4.98 Å². The van der Waals surface area contributed by atoms with Crippen LogP contribution in [-0.4, -0.2) is 4.98 Å². The molecule has 2 heterocycles. The van der Waals surface area contributed by atoms with Crippen LogP contribution in [0.1, 0.15) is 16.8 Å². The van der Waals surface area contributed by atoms with E-state index in [1.54, 1.807) is 6.20 Å². The third kappa shape index (κ3) is 2.43. The number of halogens is 1. The van der Waals surface area contributed by atoms with Gasteiger partial charge >= 0.3 is 0 Å². The summed E-state index contributed by atoms with van der Waals surface area (Å²) in [6.07, 6.45) is 2.63. The molecule has 0 bridgehead atoms. The lowest BCUT2D eigenvalue weighted by Crippen LogP contribution is -2.18. The molecule has 0 unspecified atom stereocenters. The topological polar surface area (TPSA) is 39.9 Å². The van der Waals surface area contributed by atoms with Gasteiger partial charge in [-0.3, -0.25) is 0 Å². The lowest BCUT2D eigenvalue weighted by Gasteiger charge is -2.34. The van der Waals surface area contributed by atoms with Crippen molar-refractivity contribution in [1.29, 1.82) is 5.26 Å². The Morgan fingerprint density at radius 2 is 1.48 bits per heavy atom. The minimum atomic E-state index is 0.439. The second-order valence-electron chi connectivity index (χ2n) is 6.54. The molecule has 4 aromatic rings. The summed E-state index contributed by atoms with van der Waals surface area (Å²) in [5.74, 6) is 0. The number of nitrogens with zero attached hydrogens (tertiary/aromatic N) is 3. The van der Waals surface area contributed by atoms with Crippen LogP contribution >= 0.6 is 15.9 Å². The fourth-order valence-electron chi connectivity index (χ4n) is 3.87. The van der Waals surface area contributed by atoms with E-state index in [0.717, 1.165) is 27.4 Å². The van der Waals surface area contributed by atoms with Crippen molar-refractivity contribution in [3.8, 4) is 6.07 Å². The maximum absolute atomic E-state index is 9.50. The highest BCUT2D eigenvalue weighted by Gasteiger charge is 2.25. The molecule has 3 aromatic carbocycles. The predicted molar refractivity (Wildman–Crippen MR) is 112 cm³/mol. The van der Waals surface area contributed by atoms with Crippen LogP contribution in [0.5, 0.6) is 0 Å². The number of hydrogen-bond donors (Lipinski definition) is 0. The minimum absolute atomic E-state index is 0.439. The van der Waals surface area contributed by atoms with E-state index in [1.165, 1.54) is 22.5 Å². The van der Waals surface area contributed by atoms with Crippen molar-refractivity contribution in [2.75, 3.05) is 4.90 Å². The Morgan fingerprint density at radius 3 is 2.15 bits per heavy atom. The van der Waals surface area contributed by atoms with Gasteiger partial charge < -0.3 is 4.90 Å². The third-order valence-electron chi connectivity index (χ3n) is 5.04. The van der Waals surface area contributed by atoms with E-state index in [4.69, 9.17) is 0 Å². The second-order valence-corrected chi connectivity index (χ2v) is 7.39. The molecule has 0 N–H and O–H groups in total. The van der Waals surface area contributed by atoms with Crippen LogP contribution in [-0.2, 0) is 6.42 Å². The molecule has 0 saturated heterocycles. The normalized spacial score (nSPS) is 12.4. The Kier molecular flexibility index (Phi) is 3.70. The average Bonchev–Trinajstić information content (AvgIpc) is 2.72. The van der Waals surface area contributed by atoms with Crippen molar-refractivity contribution in [2.45, 2.75) is 6.42 Å².